The summed E-state index contributed by atoms with van der Waals surface area (Å²) in [6.07, 6.45) is 0.980. The molecule has 206 valence electrons. The van der Waals surface area contributed by atoms with E-state index in [0.29, 0.717) is 30.7 Å². The normalized spacial score (nSPS) is 19.0. The Balaban J connectivity index is 1.25. The van der Waals surface area contributed by atoms with Crippen LogP contribution in [0.4, 0.5) is 13.2 Å². The Morgan fingerprint density at radius 1 is 1.15 bits per heavy atom. The molecule has 0 N–H and O–H groups in total. The Hall–Kier alpha value is -3.72. The van der Waals surface area contributed by atoms with E-state index in [0.717, 1.165) is 38.3 Å². The summed E-state index contributed by atoms with van der Waals surface area (Å²) in [5.41, 5.74) is 0.0694. The van der Waals surface area contributed by atoms with Crippen LogP contribution in [-0.2, 0) is 18.0 Å². The highest BCUT2D eigenvalue weighted by Gasteiger charge is 2.36. The van der Waals surface area contributed by atoms with E-state index < -0.39 is 11.7 Å². The molecule has 0 spiro atoms. The molecule has 2 aliphatic heterocycles. The summed E-state index contributed by atoms with van der Waals surface area (Å²) in [7, 11) is 3.67. The predicted octanol–water partition coefficient (Wildman–Crippen LogP) is 4.02. The second-order valence-corrected chi connectivity index (χ2v) is 10.3. The molecule has 1 atom stereocenters. The molecule has 0 bridgehead atoms. The van der Waals surface area contributed by atoms with Gasteiger partial charge in [0, 0.05) is 25.7 Å². The summed E-state index contributed by atoms with van der Waals surface area (Å²) in [5, 5.41) is 9.31. The van der Waals surface area contributed by atoms with Gasteiger partial charge in [0.05, 0.1) is 24.5 Å². The molecule has 9 nitrogen and oxygen atoms in total. The molecule has 12 heteroatoms. The Labute approximate surface area is 224 Å². The van der Waals surface area contributed by atoms with Gasteiger partial charge in [-0.1, -0.05) is 0 Å². The largest absolute Gasteiger partial charge is 0.493 e. The minimum Gasteiger partial charge on any atom is -0.493 e. The van der Waals surface area contributed by atoms with Crippen LogP contribution in [0, 0.1) is 17.2 Å². The number of imidazole rings is 1. The molecule has 2 fully saturated rings. The van der Waals surface area contributed by atoms with Crippen LogP contribution >= 0.6 is 0 Å². The molecule has 0 radical (unpaired) electrons. The molecule has 4 heterocycles. The number of fused-ring (bicyclic) bond motifs is 1. The molecule has 2 aliphatic rings. The predicted molar refractivity (Wildman–Crippen MR) is 137 cm³/mol. The van der Waals surface area contributed by atoms with Gasteiger partial charge in [0.1, 0.15) is 23.0 Å². The Bertz CT molecular complexity index is 1410. The zero-order chi connectivity index (χ0) is 27.7. The molecular weight excluding hydrogens is 511 g/mol. The van der Waals surface area contributed by atoms with Crippen molar-refractivity contribution in [3.05, 3.63) is 35.9 Å². The van der Waals surface area contributed by atoms with E-state index in [1.807, 2.05) is 18.0 Å². The van der Waals surface area contributed by atoms with Crippen LogP contribution in [0.15, 0.2) is 24.5 Å². The molecule has 2 aromatic heterocycles. The lowest BCUT2D eigenvalue weighted by Crippen LogP contribution is -2.47. The quantitative estimate of drug-likeness (QED) is 0.465. The van der Waals surface area contributed by atoms with Crippen molar-refractivity contribution >= 4 is 17.1 Å². The maximum Gasteiger partial charge on any atom is 0.419 e. The Morgan fingerprint density at radius 2 is 1.92 bits per heavy atom. The van der Waals surface area contributed by atoms with Crippen LogP contribution in [-0.4, -0.2) is 74.6 Å². The van der Waals surface area contributed by atoms with Gasteiger partial charge in [-0.25, -0.2) is 9.97 Å². The molecule has 1 amide bonds. The molecule has 3 aromatic rings. The van der Waals surface area contributed by atoms with Gasteiger partial charge in [-0.3, -0.25) is 9.69 Å². The van der Waals surface area contributed by atoms with Crippen LogP contribution < -0.4 is 4.74 Å². The van der Waals surface area contributed by atoms with Gasteiger partial charge in [0.2, 0.25) is 11.7 Å². The van der Waals surface area contributed by atoms with Gasteiger partial charge in [-0.05, 0) is 69.8 Å². The smallest absolute Gasteiger partial charge is 0.419 e. The lowest BCUT2D eigenvalue weighted by molar-refractivity contribution is -0.139. The number of ether oxygens (including phenoxy) is 1. The maximum absolute atomic E-state index is 14.0. The number of carbonyl (C=O) groups excluding carboxylic acids is 1. The average Bonchev–Trinajstić information content (AvgIpc) is 3.53. The van der Waals surface area contributed by atoms with Crippen LogP contribution in [0.2, 0.25) is 0 Å². The van der Waals surface area contributed by atoms with Crippen molar-refractivity contribution in [2.45, 2.75) is 44.3 Å². The molecular formula is C27H30F3N7O2. The summed E-state index contributed by atoms with van der Waals surface area (Å²) >= 11 is 0. The molecule has 0 aliphatic carbocycles. The van der Waals surface area contributed by atoms with Gasteiger partial charge < -0.3 is 14.2 Å². The Morgan fingerprint density at radius 3 is 2.59 bits per heavy atom. The summed E-state index contributed by atoms with van der Waals surface area (Å²) in [6, 6.07) is 5.59. The number of halogens is 3. The number of benzene rings is 1. The molecule has 39 heavy (non-hydrogen) atoms. The number of carbonyl (C=O) groups is 1. The lowest BCUT2D eigenvalue weighted by atomic mass is 9.93. The maximum atomic E-state index is 14.0. The molecule has 1 aromatic carbocycles. The average molecular weight is 542 g/mol. The summed E-state index contributed by atoms with van der Waals surface area (Å²) in [4.78, 5) is 29.3. The third kappa shape index (κ3) is 5.54. The minimum absolute atomic E-state index is 0.0312. The highest BCUT2D eigenvalue weighted by Crippen LogP contribution is 2.39. The fourth-order valence-corrected chi connectivity index (χ4v) is 5.49. The third-order valence-electron chi connectivity index (χ3n) is 7.73. The highest BCUT2D eigenvalue weighted by molar-refractivity contribution is 5.88. The molecule has 2 saturated heterocycles. The minimum atomic E-state index is -4.65. The zero-order valence-electron chi connectivity index (χ0n) is 21.9. The number of piperidine rings is 1. The molecule has 5 rings (SSSR count). The SMILES string of the molecule is CN1CCC[C@H]1C(=O)N1CCC(CCOc2ccc(-c3nc(C#N)nc4c3ncn4C)cc2C(F)(F)F)CC1. The van der Waals surface area contributed by atoms with E-state index in [1.54, 1.807) is 11.6 Å². The number of likely N-dealkylation sites (N-methyl/N-ethyl adjacent to an activating group) is 1. The van der Waals surface area contributed by atoms with Crippen molar-refractivity contribution < 1.29 is 22.7 Å². The first-order valence-electron chi connectivity index (χ1n) is 13.1. The van der Waals surface area contributed by atoms with E-state index in [9.17, 15) is 23.2 Å². The number of rotatable bonds is 6. The fraction of sp³-hybridized carbons (Fsp3) is 0.519. The first-order chi connectivity index (χ1) is 18.7. The van der Waals surface area contributed by atoms with Crippen molar-refractivity contribution in [3.8, 4) is 23.1 Å². The molecule has 0 saturated carbocycles. The van der Waals surface area contributed by atoms with E-state index >= 15 is 0 Å². The first-order valence-corrected chi connectivity index (χ1v) is 13.1. The van der Waals surface area contributed by atoms with E-state index in [-0.39, 0.29) is 47.3 Å². The van der Waals surface area contributed by atoms with E-state index in [1.165, 1.54) is 18.5 Å². The number of alkyl halides is 3. The summed E-state index contributed by atoms with van der Waals surface area (Å²) < 4.78 is 49.3. The monoisotopic (exact) mass is 541 g/mol. The number of hydrogen-bond donors (Lipinski definition) is 0. The number of likely N-dealkylation sites (tertiary alicyclic amines) is 2. The van der Waals surface area contributed by atoms with Crippen LogP contribution in [0.3, 0.4) is 0 Å². The second-order valence-electron chi connectivity index (χ2n) is 10.3. The standard InChI is InChI=1S/C27H30F3N7O2/c1-35-10-3-4-20(35)26(38)37-11-7-17(8-12-37)9-13-39-21-6-5-18(14-19(21)27(28,29)30)23-24-25(36(2)16-32-24)34-22(15-31)33-23/h5-6,14,16-17,20H,3-4,7-13H2,1-2H3/t20-/m0/s1. The Kier molecular flexibility index (Phi) is 7.44. The zero-order valence-corrected chi connectivity index (χ0v) is 21.9. The van der Waals surface area contributed by atoms with Crippen molar-refractivity contribution in [2.75, 3.05) is 33.3 Å². The van der Waals surface area contributed by atoms with Crippen LogP contribution in [0.25, 0.3) is 22.4 Å². The third-order valence-corrected chi connectivity index (χ3v) is 7.73. The summed E-state index contributed by atoms with van der Waals surface area (Å²) in [6.45, 7) is 2.42. The summed E-state index contributed by atoms with van der Waals surface area (Å²) in [5.74, 6) is 0.0629. The van der Waals surface area contributed by atoms with Crippen molar-refractivity contribution in [2.24, 2.45) is 13.0 Å². The van der Waals surface area contributed by atoms with Crippen molar-refractivity contribution in [1.82, 2.24) is 29.3 Å². The van der Waals surface area contributed by atoms with Gasteiger partial charge in [0.25, 0.3) is 0 Å². The number of nitriles is 1. The van der Waals surface area contributed by atoms with Crippen LogP contribution in [0.1, 0.15) is 43.5 Å². The van der Waals surface area contributed by atoms with Crippen LogP contribution in [0.5, 0.6) is 5.75 Å². The number of aryl methyl sites for hydroxylation is 1. The lowest BCUT2D eigenvalue weighted by Gasteiger charge is -2.34. The van der Waals surface area contributed by atoms with Crippen molar-refractivity contribution in [1.29, 1.82) is 5.26 Å². The van der Waals surface area contributed by atoms with Gasteiger partial charge in [-0.2, -0.15) is 23.4 Å². The topological polar surface area (TPSA) is 100 Å². The highest BCUT2D eigenvalue weighted by atomic mass is 19.4. The number of nitrogens with zero attached hydrogens (tertiary/aromatic N) is 7. The van der Waals surface area contributed by atoms with E-state index in [2.05, 4.69) is 19.9 Å². The van der Waals surface area contributed by atoms with E-state index in [4.69, 9.17) is 4.74 Å². The van der Waals surface area contributed by atoms with Crippen molar-refractivity contribution in [3.63, 3.8) is 0 Å². The fourth-order valence-electron chi connectivity index (χ4n) is 5.49. The van der Waals surface area contributed by atoms with Gasteiger partial charge in [-0.15, -0.1) is 0 Å². The van der Waals surface area contributed by atoms with Gasteiger partial charge >= 0.3 is 6.18 Å². The number of aromatic nitrogens is 4. The number of amides is 1. The number of hydrogen-bond acceptors (Lipinski definition) is 7. The first kappa shape index (κ1) is 26.9. The molecule has 0 unspecified atom stereocenters. The second kappa shape index (κ2) is 10.8. The van der Waals surface area contributed by atoms with Gasteiger partial charge in [0.15, 0.2) is 5.65 Å².